The molecule has 0 aromatic carbocycles. The normalized spacial score (nSPS) is 10.6. The number of imidazole rings is 1. The Kier molecular flexibility index (Phi) is 1.88. The van der Waals surface area contributed by atoms with E-state index in [1.165, 1.54) is 6.92 Å². The van der Waals surface area contributed by atoms with Gasteiger partial charge in [0, 0.05) is 13.1 Å². The summed E-state index contributed by atoms with van der Waals surface area (Å²) >= 11 is 3.27. The van der Waals surface area contributed by atoms with Crippen LogP contribution in [0.15, 0.2) is 22.9 Å². The highest BCUT2D eigenvalue weighted by Crippen LogP contribution is 2.17. The fourth-order valence-corrected chi connectivity index (χ4v) is 1.73. The van der Waals surface area contributed by atoms with E-state index >= 15 is 0 Å². The van der Waals surface area contributed by atoms with E-state index in [-0.39, 0.29) is 5.78 Å². The van der Waals surface area contributed by atoms with Gasteiger partial charge in [0.1, 0.15) is 10.3 Å². The second-order valence-corrected chi connectivity index (χ2v) is 3.35. The summed E-state index contributed by atoms with van der Waals surface area (Å²) in [6.07, 6.45) is 1.64. The minimum Gasteiger partial charge on any atom is -0.293 e. The van der Waals surface area contributed by atoms with Gasteiger partial charge in [0.25, 0.3) is 0 Å². The van der Waals surface area contributed by atoms with E-state index in [4.69, 9.17) is 0 Å². The van der Waals surface area contributed by atoms with Crippen molar-refractivity contribution < 1.29 is 4.79 Å². The number of hydrogen-bond donors (Lipinski definition) is 0. The number of carbonyl (C=O) groups excluding carboxylic acids is 1. The number of Topliss-reactive ketones (excluding diaryl/α,β-unsaturated/α-hetero) is 1. The molecule has 5 heteroatoms. The molecule has 66 valence electrons. The Bertz CT molecular complexity index is 477. The summed E-state index contributed by atoms with van der Waals surface area (Å²) in [4.78, 5) is 15.2. The number of halogens is 1. The first-order chi connectivity index (χ1) is 6.20. The summed E-state index contributed by atoms with van der Waals surface area (Å²) in [7, 11) is 0. The SMILES string of the molecule is CC(=O)c1nc2cccnn2c1Br. The highest BCUT2D eigenvalue weighted by molar-refractivity contribution is 9.10. The van der Waals surface area contributed by atoms with Gasteiger partial charge in [0.2, 0.25) is 0 Å². The molecule has 0 fully saturated rings. The first kappa shape index (κ1) is 8.37. The number of aromatic nitrogens is 3. The predicted molar refractivity (Wildman–Crippen MR) is 50.7 cm³/mol. The molecule has 4 nitrogen and oxygen atoms in total. The Labute approximate surface area is 82.7 Å². The van der Waals surface area contributed by atoms with Crippen LogP contribution in [0.3, 0.4) is 0 Å². The van der Waals surface area contributed by atoms with Gasteiger partial charge in [-0.2, -0.15) is 5.10 Å². The van der Waals surface area contributed by atoms with Crippen molar-refractivity contribution in [2.75, 3.05) is 0 Å². The van der Waals surface area contributed by atoms with Crippen LogP contribution in [0.2, 0.25) is 0 Å². The van der Waals surface area contributed by atoms with Gasteiger partial charge in [-0.1, -0.05) is 0 Å². The minimum absolute atomic E-state index is 0.0719. The molecule has 13 heavy (non-hydrogen) atoms. The van der Waals surface area contributed by atoms with Crippen LogP contribution in [-0.2, 0) is 0 Å². The Balaban J connectivity index is 2.81. The van der Waals surface area contributed by atoms with E-state index in [0.717, 1.165) is 0 Å². The topological polar surface area (TPSA) is 47.3 Å². The van der Waals surface area contributed by atoms with Crippen LogP contribution in [0.1, 0.15) is 17.4 Å². The summed E-state index contributed by atoms with van der Waals surface area (Å²) in [6, 6.07) is 3.57. The maximum atomic E-state index is 11.1. The van der Waals surface area contributed by atoms with Crippen molar-refractivity contribution in [1.82, 2.24) is 14.6 Å². The molecule has 0 atom stereocenters. The predicted octanol–water partition coefficient (Wildman–Crippen LogP) is 1.69. The molecule has 2 aromatic rings. The van der Waals surface area contributed by atoms with Crippen LogP contribution in [0, 0.1) is 0 Å². The molecule has 0 amide bonds. The van der Waals surface area contributed by atoms with Crippen molar-refractivity contribution in [1.29, 1.82) is 0 Å². The zero-order valence-corrected chi connectivity index (χ0v) is 8.45. The lowest BCUT2D eigenvalue weighted by Crippen LogP contribution is -1.94. The number of nitrogens with zero attached hydrogens (tertiary/aromatic N) is 3. The van der Waals surface area contributed by atoms with Crippen molar-refractivity contribution in [3.05, 3.63) is 28.6 Å². The van der Waals surface area contributed by atoms with Crippen LogP contribution >= 0.6 is 15.9 Å². The van der Waals surface area contributed by atoms with E-state index in [1.807, 2.05) is 0 Å². The van der Waals surface area contributed by atoms with Crippen LogP contribution in [-0.4, -0.2) is 20.4 Å². The van der Waals surface area contributed by atoms with E-state index < -0.39 is 0 Å². The lowest BCUT2D eigenvalue weighted by atomic mass is 10.3. The maximum Gasteiger partial charge on any atom is 0.180 e. The van der Waals surface area contributed by atoms with Crippen molar-refractivity contribution >= 4 is 27.4 Å². The van der Waals surface area contributed by atoms with Gasteiger partial charge in [-0.15, -0.1) is 0 Å². The van der Waals surface area contributed by atoms with Gasteiger partial charge in [-0.05, 0) is 28.1 Å². The summed E-state index contributed by atoms with van der Waals surface area (Å²) in [5, 5.41) is 4.04. The van der Waals surface area contributed by atoms with Crippen LogP contribution in [0.4, 0.5) is 0 Å². The minimum atomic E-state index is -0.0719. The van der Waals surface area contributed by atoms with Crippen molar-refractivity contribution in [2.24, 2.45) is 0 Å². The molecule has 2 aromatic heterocycles. The number of hydrogen-bond acceptors (Lipinski definition) is 3. The van der Waals surface area contributed by atoms with Crippen LogP contribution in [0.5, 0.6) is 0 Å². The summed E-state index contributed by atoms with van der Waals surface area (Å²) in [5.41, 5.74) is 1.08. The molecule has 0 unspecified atom stereocenters. The van der Waals surface area contributed by atoms with Crippen LogP contribution in [0.25, 0.3) is 5.65 Å². The standard InChI is InChI=1S/C8H6BrN3O/c1-5(13)7-8(9)12-6(11-7)3-2-4-10-12/h2-4H,1H3. The second kappa shape index (κ2) is 2.92. The van der Waals surface area contributed by atoms with E-state index in [0.29, 0.717) is 15.9 Å². The molecule has 0 aliphatic carbocycles. The third-order valence-electron chi connectivity index (χ3n) is 1.67. The van der Waals surface area contributed by atoms with E-state index in [9.17, 15) is 4.79 Å². The van der Waals surface area contributed by atoms with Gasteiger partial charge in [-0.3, -0.25) is 4.79 Å². The molecule has 0 saturated carbocycles. The fourth-order valence-electron chi connectivity index (χ4n) is 1.08. The molecule has 0 bridgehead atoms. The number of fused-ring (bicyclic) bond motifs is 1. The molecule has 0 aliphatic heterocycles. The second-order valence-electron chi connectivity index (χ2n) is 2.60. The highest BCUT2D eigenvalue weighted by Gasteiger charge is 2.13. The lowest BCUT2D eigenvalue weighted by molar-refractivity contribution is 0.101. The molecular weight excluding hydrogens is 234 g/mol. The van der Waals surface area contributed by atoms with Gasteiger partial charge >= 0.3 is 0 Å². The molecule has 0 radical (unpaired) electrons. The maximum absolute atomic E-state index is 11.1. The summed E-state index contributed by atoms with van der Waals surface area (Å²) < 4.78 is 2.19. The molecule has 2 heterocycles. The molecule has 0 spiro atoms. The Morgan fingerprint density at radius 2 is 2.38 bits per heavy atom. The van der Waals surface area contributed by atoms with Gasteiger partial charge < -0.3 is 0 Å². The Hall–Kier alpha value is -1.23. The molecule has 0 N–H and O–H groups in total. The molecular formula is C8H6BrN3O. The monoisotopic (exact) mass is 239 g/mol. The number of carbonyl (C=O) groups is 1. The first-order valence-corrected chi connectivity index (χ1v) is 4.49. The average Bonchev–Trinajstić information content (AvgIpc) is 2.45. The zero-order valence-electron chi connectivity index (χ0n) is 6.86. The summed E-state index contributed by atoms with van der Waals surface area (Å²) in [6.45, 7) is 1.48. The number of ketones is 1. The molecule has 2 rings (SSSR count). The molecule has 0 aliphatic rings. The van der Waals surface area contributed by atoms with E-state index in [2.05, 4.69) is 26.0 Å². The van der Waals surface area contributed by atoms with E-state index in [1.54, 1.807) is 22.8 Å². The van der Waals surface area contributed by atoms with Crippen molar-refractivity contribution in [3.63, 3.8) is 0 Å². The van der Waals surface area contributed by atoms with Crippen molar-refractivity contribution in [3.8, 4) is 0 Å². The smallest absolute Gasteiger partial charge is 0.180 e. The Morgan fingerprint density at radius 1 is 1.62 bits per heavy atom. The Morgan fingerprint density at radius 3 is 3.00 bits per heavy atom. The van der Waals surface area contributed by atoms with Crippen molar-refractivity contribution in [2.45, 2.75) is 6.92 Å². The third kappa shape index (κ3) is 1.25. The van der Waals surface area contributed by atoms with Gasteiger partial charge in [0.15, 0.2) is 11.4 Å². The average molecular weight is 240 g/mol. The highest BCUT2D eigenvalue weighted by atomic mass is 79.9. The van der Waals surface area contributed by atoms with Crippen LogP contribution < -0.4 is 0 Å². The number of rotatable bonds is 1. The molecule has 0 saturated heterocycles. The zero-order chi connectivity index (χ0) is 9.42. The fraction of sp³-hybridized carbons (Fsp3) is 0.125. The summed E-state index contributed by atoms with van der Waals surface area (Å²) in [5.74, 6) is -0.0719. The largest absolute Gasteiger partial charge is 0.293 e. The van der Waals surface area contributed by atoms with Gasteiger partial charge in [0.05, 0.1) is 0 Å². The van der Waals surface area contributed by atoms with Gasteiger partial charge in [-0.25, -0.2) is 9.50 Å². The quantitative estimate of drug-likeness (QED) is 0.712. The lowest BCUT2D eigenvalue weighted by Gasteiger charge is -1.90. The first-order valence-electron chi connectivity index (χ1n) is 3.70. The third-order valence-corrected chi connectivity index (χ3v) is 2.38.